The molecule has 0 aliphatic carbocycles. The summed E-state index contributed by atoms with van der Waals surface area (Å²) < 4.78 is 5.54. The van der Waals surface area contributed by atoms with Crippen molar-refractivity contribution in [3.05, 3.63) is 70.7 Å². The monoisotopic (exact) mass is 285 g/mol. The highest BCUT2D eigenvalue weighted by Crippen LogP contribution is 2.08. The van der Waals surface area contributed by atoms with Crippen molar-refractivity contribution in [3.63, 3.8) is 0 Å². The molecule has 1 atom stereocenters. The summed E-state index contributed by atoms with van der Waals surface area (Å²) in [7, 11) is 0. The molecule has 0 amide bonds. The van der Waals surface area contributed by atoms with Crippen molar-refractivity contribution in [2.75, 3.05) is 6.61 Å². The zero-order valence-corrected chi connectivity index (χ0v) is 11.8. The highest BCUT2D eigenvalue weighted by atomic mass is 35.5. The Morgan fingerprint density at radius 3 is 2.45 bits per heavy atom. The van der Waals surface area contributed by atoms with Crippen molar-refractivity contribution < 1.29 is 4.74 Å². The average molecular weight is 286 g/mol. The first kappa shape index (κ1) is 14.6. The Kier molecular flexibility index (Phi) is 5.64. The van der Waals surface area contributed by atoms with Gasteiger partial charge in [0, 0.05) is 10.6 Å². The molecule has 0 bridgehead atoms. The van der Waals surface area contributed by atoms with Crippen molar-refractivity contribution in [2.45, 2.75) is 12.6 Å². The molecule has 0 fully saturated rings. The van der Waals surface area contributed by atoms with Gasteiger partial charge in [0.25, 0.3) is 0 Å². The van der Waals surface area contributed by atoms with E-state index in [9.17, 15) is 0 Å². The van der Waals surface area contributed by atoms with Crippen LogP contribution in [0.4, 0.5) is 0 Å². The van der Waals surface area contributed by atoms with Crippen molar-refractivity contribution >= 4 is 11.6 Å². The van der Waals surface area contributed by atoms with Crippen LogP contribution in [0.1, 0.15) is 11.1 Å². The number of nitrogens with two attached hydrogens (primary N) is 1. The zero-order valence-electron chi connectivity index (χ0n) is 11.1. The first-order chi connectivity index (χ1) is 9.74. The van der Waals surface area contributed by atoms with Crippen LogP contribution in [-0.2, 0) is 11.3 Å². The van der Waals surface area contributed by atoms with E-state index in [-0.39, 0.29) is 6.04 Å². The van der Waals surface area contributed by atoms with Gasteiger partial charge in [-0.25, -0.2) is 0 Å². The maximum absolute atomic E-state index is 5.89. The summed E-state index contributed by atoms with van der Waals surface area (Å²) in [6.45, 7) is 0.965. The molecule has 0 saturated carbocycles. The third kappa shape index (κ3) is 5.07. The molecular weight excluding hydrogens is 270 g/mol. The largest absolute Gasteiger partial charge is 0.374 e. The van der Waals surface area contributed by atoms with Gasteiger partial charge in [0.1, 0.15) is 0 Å². The number of rotatable bonds is 4. The Balaban J connectivity index is 1.78. The Bertz CT molecular complexity index is 584. The van der Waals surface area contributed by atoms with E-state index in [1.807, 2.05) is 54.6 Å². The summed E-state index contributed by atoms with van der Waals surface area (Å²) >= 11 is 5.81. The fourth-order valence-electron chi connectivity index (χ4n) is 1.63. The standard InChI is InChI=1S/C17H16ClNO/c18-16-9-6-14(7-10-16)8-11-17(19)13-20-12-15-4-2-1-3-5-15/h1-7,9-10,17H,12-13,19H2/t17-/m1/s1. The molecule has 102 valence electrons. The number of benzene rings is 2. The van der Waals surface area contributed by atoms with E-state index < -0.39 is 0 Å². The highest BCUT2D eigenvalue weighted by Gasteiger charge is 1.98. The predicted octanol–water partition coefficient (Wildman–Crippen LogP) is 3.24. The van der Waals surface area contributed by atoms with Gasteiger partial charge in [-0.2, -0.15) is 0 Å². The van der Waals surface area contributed by atoms with Crippen LogP contribution >= 0.6 is 11.6 Å². The fourth-order valence-corrected chi connectivity index (χ4v) is 1.75. The molecule has 2 nitrogen and oxygen atoms in total. The minimum atomic E-state index is -0.297. The Labute approximate surface area is 124 Å². The van der Waals surface area contributed by atoms with Crippen LogP contribution in [0.25, 0.3) is 0 Å². The van der Waals surface area contributed by atoms with Gasteiger partial charge in [0.05, 0.1) is 19.3 Å². The topological polar surface area (TPSA) is 35.2 Å². The van der Waals surface area contributed by atoms with Crippen molar-refractivity contribution in [3.8, 4) is 11.8 Å². The summed E-state index contributed by atoms with van der Waals surface area (Å²) in [5.74, 6) is 5.97. The second-order valence-electron chi connectivity index (χ2n) is 4.38. The molecule has 0 saturated heterocycles. The van der Waals surface area contributed by atoms with Crippen molar-refractivity contribution in [2.24, 2.45) is 5.73 Å². The van der Waals surface area contributed by atoms with Crippen LogP contribution in [0.15, 0.2) is 54.6 Å². The lowest BCUT2D eigenvalue weighted by atomic mass is 10.2. The predicted molar refractivity (Wildman–Crippen MR) is 82.4 cm³/mol. The van der Waals surface area contributed by atoms with Gasteiger partial charge in [-0.1, -0.05) is 53.8 Å². The van der Waals surface area contributed by atoms with Gasteiger partial charge in [0.15, 0.2) is 0 Å². The molecule has 0 spiro atoms. The van der Waals surface area contributed by atoms with Gasteiger partial charge in [-0.15, -0.1) is 0 Å². The minimum Gasteiger partial charge on any atom is -0.374 e. The van der Waals surface area contributed by atoms with Crippen LogP contribution in [0.3, 0.4) is 0 Å². The maximum Gasteiger partial charge on any atom is 0.0905 e. The third-order valence-electron chi connectivity index (χ3n) is 2.66. The molecule has 0 aromatic heterocycles. The maximum atomic E-state index is 5.89. The fraction of sp³-hybridized carbons (Fsp3) is 0.176. The van der Waals surface area contributed by atoms with Crippen molar-refractivity contribution in [1.29, 1.82) is 0 Å². The molecule has 20 heavy (non-hydrogen) atoms. The normalized spacial score (nSPS) is 11.5. The van der Waals surface area contributed by atoms with Gasteiger partial charge in [-0.05, 0) is 29.8 Å². The lowest BCUT2D eigenvalue weighted by Crippen LogP contribution is -2.24. The Morgan fingerprint density at radius 1 is 1.05 bits per heavy atom. The van der Waals surface area contributed by atoms with E-state index in [1.54, 1.807) is 0 Å². The molecule has 3 heteroatoms. The quantitative estimate of drug-likeness (QED) is 0.876. The average Bonchev–Trinajstić information content (AvgIpc) is 2.48. The number of hydrogen-bond donors (Lipinski definition) is 1. The molecule has 0 unspecified atom stereocenters. The first-order valence-corrected chi connectivity index (χ1v) is 6.76. The van der Waals surface area contributed by atoms with Crippen molar-refractivity contribution in [1.82, 2.24) is 0 Å². The van der Waals surface area contributed by atoms with Crippen LogP contribution in [0.5, 0.6) is 0 Å². The van der Waals surface area contributed by atoms with E-state index in [1.165, 1.54) is 0 Å². The van der Waals surface area contributed by atoms with Gasteiger partial charge >= 0.3 is 0 Å². The van der Waals surface area contributed by atoms with E-state index in [4.69, 9.17) is 22.1 Å². The zero-order chi connectivity index (χ0) is 14.2. The Morgan fingerprint density at radius 2 is 1.75 bits per heavy atom. The SMILES string of the molecule is N[C@H](C#Cc1ccc(Cl)cc1)COCc1ccccc1. The summed E-state index contributed by atoms with van der Waals surface area (Å²) in [6.07, 6.45) is 0. The lowest BCUT2D eigenvalue weighted by Gasteiger charge is -2.06. The molecule has 2 rings (SSSR count). The highest BCUT2D eigenvalue weighted by molar-refractivity contribution is 6.30. The summed E-state index contributed by atoms with van der Waals surface area (Å²) in [4.78, 5) is 0. The summed E-state index contributed by atoms with van der Waals surface area (Å²) in [5.41, 5.74) is 7.92. The Hall–Kier alpha value is -1.79. The third-order valence-corrected chi connectivity index (χ3v) is 2.91. The van der Waals surface area contributed by atoms with E-state index in [2.05, 4.69) is 11.8 Å². The lowest BCUT2D eigenvalue weighted by molar-refractivity contribution is 0.118. The molecule has 2 N–H and O–H groups in total. The number of hydrogen-bond acceptors (Lipinski definition) is 2. The second-order valence-corrected chi connectivity index (χ2v) is 4.82. The van der Waals surface area contributed by atoms with Gasteiger partial charge in [0.2, 0.25) is 0 Å². The summed E-state index contributed by atoms with van der Waals surface area (Å²) in [5, 5.41) is 0.700. The molecule has 0 aliphatic heterocycles. The molecule has 2 aromatic carbocycles. The molecule has 0 radical (unpaired) electrons. The van der Waals surface area contributed by atoms with Gasteiger partial charge in [-0.3, -0.25) is 0 Å². The van der Waals surface area contributed by atoms with Crippen LogP contribution in [0, 0.1) is 11.8 Å². The smallest absolute Gasteiger partial charge is 0.0905 e. The van der Waals surface area contributed by atoms with E-state index in [0.717, 1.165) is 11.1 Å². The minimum absolute atomic E-state index is 0.297. The summed E-state index contributed by atoms with van der Waals surface area (Å²) in [6, 6.07) is 17.0. The molecule has 0 heterocycles. The first-order valence-electron chi connectivity index (χ1n) is 6.38. The van der Waals surface area contributed by atoms with E-state index >= 15 is 0 Å². The van der Waals surface area contributed by atoms with Crippen LogP contribution in [0.2, 0.25) is 5.02 Å². The van der Waals surface area contributed by atoms with Gasteiger partial charge < -0.3 is 10.5 Å². The van der Waals surface area contributed by atoms with E-state index in [0.29, 0.717) is 18.2 Å². The number of halogens is 1. The molecular formula is C17H16ClNO. The number of ether oxygens (including phenoxy) is 1. The second kappa shape index (κ2) is 7.72. The molecule has 0 aliphatic rings. The van der Waals surface area contributed by atoms with Crippen LogP contribution in [-0.4, -0.2) is 12.6 Å². The molecule has 2 aromatic rings. The van der Waals surface area contributed by atoms with Crippen LogP contribution < -0.4 is 5.73 Å².